The lowest BCUT2D eigenvalue weighted by Crippen LogP contribution is -2.54. The Labute approximate surface area is 396 Å². The predicted molar refractivity (Wildman–Crippen MR) is 250 cm³/mol. The second-order valence-corrected chi connectivity index (χ2v) is 17.1. The van der Waals surface area contributed by atoms with Crippen molar-refractivity contribution < 1.29 is 61.4 Å². The topological polar surface area (TPSA) is 287 Å². The van der Waals surface area contributed by atoms with E-state index in [1.165, 1.54) is 24.1 Å². The van der Waals surface area contributed by atoms with Crippen LogP contribution in [0.4, 0.5) is 0 Å². The van der Waals surface area contributed by atoms with E-state index in [0.717, 1.165) is 12.0 Å². The van der Waals surface area contributed by atoms with Crippen molar-refractivity contribution >= 4 is 51.5 Å². The number of likely N-dealkylation sites (tertiary alicyclic amines) is 1. The van der Waals surface area contributed by atoms with Crippen LogP contribution in [0.5, 0.6) is 0 Å². The molecule has 1 saturated heterocycles. The number of benzene rings is 3. The van der Waals surface area contributed by atoms with E-state index in [-0.39, 0.29) is 29.6 Å². The van der Waals surface area contributed by atoms with Gasteiger partial charge in [-0.2, -0.15) is 8.42 Å². The van der Waals surface area contributed by atoms with Crippen molar-refractivity contribution in [3.05, 3.63) is 124 Å². The number of carboxylic acids is 2. The summed E-state index contributed by atoms with van der Waals surface area (Å²) in [5.74, 6) is -4.24. The Morgan fingerprint density at radius 2 is 1.52 bits per heavy atom. The molecule has 5 rings (SSSR count). The minimum absolute atomic E-state index is 0.0741. The highest BCUT2D eigenvalue weighted by molar-refractivity contribution is 7.85. The maximum Gasteiger partial charge on any atom is 0.336 e. The number of aryl methyl sites for hydroxylation is 1. The lowest BCUT2D eigenvalue weighted by atomic mass is 9.80. The molecule has 1 fully saturated rings. The second kappa shape index (κ2) is 28.5. The van der Waals surface area contributed by atoms with Crippen LogP contribution in [0.2, 0.25) is 5.02 Å². The third-order valence-corrected chi connectivity index (χ3v) is 11.9. The van der Waals surface area contributed by atoms with E-state index in [1.54, 1.807) is 56.3 Å². The predicted octanol–water partition coefficient (Wildman–Crippen LogP) is 4.43. The maximum absolute atomic E-state index is 13.1. The summed E-state index contributed by atoms with van der Waals surface area (Å²) in [5, 5.41) is 25.6. The highest BCUT2D eigenvalue weighted by Gasteiger charge is 2.40. The lowest BCUT2D eigenvalue weighted by molar-refractivity contribution is -0.149. The average Bonchev–Trinajstić information content (AvgIpc) is 3.81. The van der Waals surface area contributed by atoms with Gasteiger partial charge in [-0.1, -0.05) is 84.8 Å². The van der Waals surface area contributed by atoms with Gasteiger partial charge >= 0.3 is 23.9 Å². The number of nitrogens with one attached hydrogen (secondary N) is 2. The van der Waals surface area contributed by atoms with Gasteiger partial charge in [-0.25, -0.2) is 14.4 Å². The summed E-state index contributed by atoms with van der Waals surface area (Å²) in [5.41, 5.74) is 14.3. The first-order valence-corrected chi connectivity index (χ1v) is 23.6. The van der Waals surface area contributed by atoms with Crippen LogP contribution in [0.15, 0.2) is 112 Å². The molecule has 2 aliphatic heterocycles. The first-order chi connectivity index (χ1) is 32.0. The molecule has 366 valence electrons. The van der Waals surface area contributed by atoms with E-state index >= 15 is 0 Å². The fourth-order valence-electron chi connectivity index (χ4n) is 7.45. The van der Waals surface area contributed by atoms with Crippen LogP contribution in [0.1, 0.15) is 69.4 Å². The van der Waals surface area contributed by atoms with Crippen LogP contribution in [0.3, 0.4) is 0 Å². The molecule has 9 N–H and O–H groups in total. The number of hydrogen-bond acceptors (Lipinski definition) is 14. The van der Waals surface area contributed by atoms with Crippen molar-refractivity contribution in [2.45, 2.75) is 87.7 Å². The van der Waals surface area contributed by atoms with Crippen LogP contribution >= 0.6 is 11.6 Å². The molecule has 0 bridgehead atoms. The Morgan fingerprint density at radius 3 is 2.07 bits per heavy atom. The zero-order chi connectivity index (χ0) is 49.5. The van der Waals surface area contributed by atoms with Crippen molar-refractivity contribution in [3.63, 3.8) is 0 Å². The number of nitrogens with zero attached hydrogens (tertiary/aromatic N) is 1. The van der Waals surface area contributed by atoms with Gasteiger partial charge in [0.1, 0.15) is 12.1 Å². The SMILES string of the molecule is CCOC(=O)C1=C(COCCN)NC(C)=C(C(=O)OC)C1c1ccccc1Cl.NCCCC[C@H](N[C@@H](CCc1ccccc1)C(=O)O)C(=O)N1CCC[C@H]1C(=O)O.O=S(=O)(O)c1ccccc1. The first-order valence-electron chi connectivity index (χ1n) is 21.8. The smallest absolute Gasteiger partial charge is 0.336 e. The molecule has 2 aliphatic rings. The number of amides is 1. The number of ether oxygens (including phenoxy) is 3. The molecule has 0 aliphatic carbocycles. The van der Waals surface area contributed by atoms with Crippen LogP contribution in [-0.2, 0) is 54.7 Å². The van der Waals surface area contributed by atoms with E-state index in [0.29, 0.717) is 92.3 Å². The number of esters is 2. The van der Waals surface area contributed by atoms with Gasteiger partial charge in [0.15, 0.2) is 0 Å². The van der Waals surface area contributed by atoms with E-state index in [1.807, 2.05) is 30.3 Å². The standard InChI is InChI=1S/C21H31N3O5.C20H25ClN2O5.C6H6O3S/c22-13-5-4-9-16(19(25)24-14-6-10-18(24)21(28)29)23-17(20(26)27)12-11-15-7-2-1-3-8-15;1-4-28-20(25)18-15(11-27-10-9-22)23-12(2)16(19(24)26-3)17(18)13-7-5-6-8-14(13)21;7-10(8,9)6-4-2-1-3-5-6/h1-3,7-8,16-18,23H,4-6,9-14,22H2,(H,26,27)(H,28,29);5-8,17,23H,4,9-11,22H2,1-3H3;1-5H,(H,7,8,9)/t16-,17-,18-;;/m0../s1. The Kier molecular flexibility index (Phi) is 23.7. The van der Waals surface area contributed by atoms with Crippen LogP contribution in [0.25, 0.3) is 0 Å². The summed E-state index contributed by atoms with van der Waals surface area (Å²) < 4.78 is 45.0. The highest BCUT2D eigenvalue weighted by Crippen LogP contribution is 2.42. The van der Waals surface area contributed by atoms with Crippen molar-refractivity contribution in [1.82, 2.24) is 15.5 Å². The van der Waals surface area contributed by atoms with E-state index in [2.05, 4.69) is 10.6 Å². The number of aliphatic carboxylic acids is 2. The number of carbonyl (C=O) groups is 5. The van der Waals surface area contributed by atoms with Crippen molar-refractivity contribution in [1.29, 1.82) is 0 Å². The number of carbonyl (C=O) groups excluding carboxylic acids is 3. The Bertz CT molecular complexity index is 2280. The highest BCUT2D eigenvalue weighted by atomic mass is 35.5. The third kappa shape index (κ3) is 17.2. The zero-order valence-corrected chi connectivity index (χ0v) is 39.5. The minimum atomic E-state index is -4.00. The molecule has 0 aromatic heterocycles. The van der Waals surface area contributed by atoms with Crippen LogP contribution in [0, 0.1) is 0 Å². The van der Waals surface area contributed by atoms with Gasteiger partial charge in [0.2, 0.25) is 5.91 Å². The zero-order valence-electron chi connectivity index (χ0n) is 37.9. The number of rotatable bonds is 21. The lowest BCUT2D eigenvalue weighted by Gasteiger charge is -2.31. The van der Waals surface area contributed by atoms with Gasteiger partial charge in [-0.15, -0.1) is 0 Å². The van der Waals surface area contributed by atoms with E-state index in [4.69, 9.17) is 41.8 Å². The number of carboxylic acid groups (broad SMARTS) is 2. The third-order valence-electron chi connectivity index (χ3n) is 10.6. The molecule has 0 spiro atoms. The summed E-state index contributed by atoms with van der Waals surface area (Å²) in [7, 11) is -2.71. The number of hydrogen-bond donors (Lipinski definition) is 7. The van der Waals surface area contributed by atoms with Crippen molar-refractivity contribution in [2.75, 3.05) is 46.6 Å². The fourth-order valence-corrected chi connectivity index (χ4v) is 8.19. The molecule has 67 heavy (non-hydrogen) atoms. The summed E-state index contributed by atoms with van der Waals surface area (Å²) in [6, 6.07) is 21.6. The molecular weight excluding hydrogens is 910 g/mol. The fraction of sp³-hybridized carbons (Fsp3) is 0.426. The van der Waals surface area contributed by atoms with E-state index < -0.39 is 58.0 Å². The number of halogens is 1. The molecule has 18 nitrogen and oxygen atoms in total. The number of unbranched alkanes of at least 4 members (excludes halogenated alkanes) is 1. The number of methoxy groups -OCH3 is 1. The average molecular weight is 973 g/mol. The van der Waals surface area contributed by atoms with Crippen LogP contribution in [-0.4, -0.2) is 123 Å². The molecular formula is C47H62ClN5O13S. The summed E-state index contributed by atoms with van der Waals surface area (Å²) >= 11 is 6.42. The Hall–Kier alpha value is -5.67. The molecule has 1 unspecified atom stereocenters. The van der Waals surface area contributed by atoms with Gasteiger partial charge < -0.3 is 46.1 Å². The second-order valence-electron chi connectivity index (χ2n) is 15.3. The number of dihydropyridines is 1. The number of nitrogens with two attached hydrogens (primary N) is 2. The first kappa shape index (κ1) is 55.7. The quantitative estimate of drug-likeness (QED) is 0.0441. The monoisotopic (exact) mass is 971 g/mol. The molecule has 0 saturated carbocycles. The number of allylic oxidation sites excluding steroid dienone is 1. The van der Waals surface area contributed by atoms with Crippen molar-refractivity contribution in [3.8, 4) is 0 Å². The van der Waals surface area contributed by atoms with Crippen LogP contribution < -0.4 is 22.1 Å². The Balaban J connectivity index is 0.000000295. The molecule has 4 atom stereocenters. The normalized spacial score (nSPS) is 16.6. The van der Waals surface area contributed by atoms with Gasteiger partial charge in [0.05, 0.1) is 60.6 Å². The minimum Gasteiger partial charge on any atom is -0.480 e. The van der Waals surface area contributed by atoms with Crippen molar-refractivity contribution in [2.24, 2.45) is 11.5 Å². The van der Waals surface area contributed by atoms with Gasteiger partial charge in [0, 0.05) is 23.8 Å². The van der Waals surface area contributed by atoms with E-state index in [9.17, 15) is 42.6 Å². The molecule has 3 aromatic rings. The summed E-state index contributed by atoms with van der Waals surface area (Å²) in [6.07, 6.45) is 3.76. The maximum atomic E-state index is 13.1. The largest absolute Gasteiger partial charge is 0.480 e. The molecule has 2 heterocycles. The van der Waals surface area contributed by atoms with Gasteiger partial charge in [0.25, 0.3) is 10.1 Å². The van der Waals surface area contributed by atoms with Gasteiger partial charge in [-0.3, -0.25) is 19.5 Å². The summed E-state index contributed by atoms with van der Waals surface area (Å²) in [4.78, 5) is 63.1. The van der Waals surface area contributed by atoms with Gasteiger partial charge in [-0.05, 0) is 88.2 Å². The molecule has 0 radical (unpaired) electrons. The molecule has 3 aromatic carbocycles. The summed E-state index contributed by atoms with van der Waals surface area (Å²) in [6.45, 7) is 5.28. The molecule has 1 amide bonds. The Morgan fingerprint density at radius 1 is 0.881 bits per heavy atom. The molecule has 20 heteroatoms.